The van der Waals surface area contributed by atoms with Crippen molar-refractivity contribution in [2.75, 3.05) is 13.6 Å². The van der Waals surface area contributed by atoms with E-state index < -0.39 is 0 Å². The number of nitrogens with one attached hydrogen (secondary N) is 2. The molecule has 1 aliphatic heterocycles. The second kappa shape index (κ2) is 4.07. The lowest BCUT2D eigenvalue weighted by Crippen LogP contribution is -2.47. The first-order valence-corrected chi connectivity index (χ1v) is 4.64. The van der Waals surface area contributed by atoms with Gasteiger partial charge in [0.05, 0.1) is 6.17 Å². The minimum absolute atomic E-state index is 0.560. The topological polar surface area (TPSA) is 24.1 Å². The van der Waals surface area contributed by atoms with Crippen LogP contribution in [0.2, 0.25) is 0 Å². The zero-order valence-corrected chi connectivity index (χ0v) is 7.85. The summed E-state index contributed by atoms with van der Waals surface area (Å²) in [5.41, 5.74) is 0. The van der Waals surface area contributed by atoms with Crippen LogP contribution in [0.15, 0.2) is 0 Å². The second-order valence-corrected chi connectivity index (χ2v) is 3.83. The molecule has 0 aromatic rings. The van der Waals surface area contributed by atoms with Crippen LogP contribution in [0.5, 0.6) is 0 Å². The highest BCUT2D eigenvalue weighted by atomic mass is 15.1. The van der Waals surface area contributed by atoms with Gasteiger partial charge in [-0.1, -0.05) is 13.8 Å². The standard InChI is InChI=1S/C9H20N2/c1-7(2)8-4-5-9(10-3)11-6-8/h7-11H,4-6H2,1-3H3/t8-,9-/m1/s1. The monoisotopic (exact) mass is 156 g/mol. The Morgan fingerprint density at radius 1 is 1.36 bits per heavy atom. The summed E-state index contributed by atoms with van der Waals surface area (Å²) in [5, 5.41) is 6.74. The van der Waals surface area contributed by atoms with Gasteiger partial charge in [-0.3, -0.25) is 0 Å². The van der Waals surface area contributed by atoms with Crippen LogP contribution in [0.25, 0.3) is 0 Å². The molecule has 0 spiro atoms. The van der Waals surface area contributed by atoms with Gasteiger partial charge in [0.1, 0.15) is 0 Å². The quantitative estimate of drug-likeness (QED) is 0.627. The lowest BCUT2D eigenvalue weighted by molar-refractivity contribution is 0.238. The molecule has 11 heavy (non-hydrogen) atoms. The van der Waals surface area contributed by atoms with Gasteiger partial charge in [0.2, 0.25) is 0 Å². The van der Waals surface area contributed by atoms with E-state index in [9.17, 15) is 0 Å². The molecule has 1 saturated heterocycles. The predicted molar refractivity (Wildman–Crippen MR) is 48.4 cm³/mol. The minimum Gasteiger partial charge on any atom is -0.305 e. The lowest BCUT2D eigenvalue weighted by atomic mass is 9.88. The van der Waals surface area contributed by atoms with Crippen molar-refractivity contribution >= 4 is 0 Å². The molecule has 1 rings (SSSR count). The average molecular weight is 156 g/mol. The normalized spacial score (nSPS) is 32.7. The number of piperidine rings is 1. The summed E-state index contributed by atoms with van der Waals surface area (Å²) in [7, 11) is 2.02. The van der Waals surface area contributed by atoms with E-state index in [-0.39, 0.29) is 0 Å². The molecule has 0 aromatic carbocycles. The Bertz CT molecular complexity index is 104. The highest BCUT2D eigenvalue weighted by Gasteiger charge is 2.20. The van der Waals surface area contributed by atoms with Crippen molar-refractivity contribution < 1.29 is 0 Å². The Hall–Kier alpha value is -0.0800. The molecule has 2 heteroatoms. The van der Waals surface area contributed by atoms with Crippen molar-refractivity contribution in [2.24, 2.45) is 11.8 Å². The molecular weight excluding hydrogens is 136 g/mol. The molecule has 1 fully saturated rings. The van der Waals surface area contributed by atoms with Crippen LogP contribution in [-0.4, -0.2) is 19.8 Å². The van der Waals surface area contributed by atoms with Crippen molar-refractivity contribution in [2.45, 2.75) is 32.9 Å². The molecule has 0 bridgehead atoms. The third kappa shape index (κ3) is 2.46. The molecule has 0 amide bonds. The lowest BCUT2D eigenvalue weighted by Gasteiger charge is -2.31. The van der Waals surface area contributed by atoms with Crippen molar-refractivity contribution in [3.63, 3.8) is 0 Å². The fourth-order valence-electron chi connectivity index (χ4n) is 1.69. The van der Waals surface area contributed by atoms with E-state index in [1.165, 1.54) is 19.4 Å². The third-order valence-corrected chi connectivity index (χ3v) is 2.74. The van der Waals surface area contributed by atoms with E-state index >= 15 is 0 Å². The first kappa shape index (κ1) is 9.01. The summed E-state index contributed by atoms with van der Waals surface area (Å²) in [4.78, 5) is 0. The van der Waals surface area contributed by atoms with Gasteiger partial charge < -0.3 is 10.6 Å². The fraction of sp³-hybridized carbons (Fsp3) is 1.00. The Balaban J connectivity index is 2.24. The number of rotatable bonds is 2. The molecule has 0 unspecified atom stereocenters. The van der Waals surface area contributed by atoms with E-state index in [1.54, 1.807) is 0 Å². The van der Waals surface area contributed by atoms with Gasteiger partial charge in [0.25, 0.3) is 0 Å². The summed E-state index contributed by atoms with van der Waals surface area (Å²) in [6.45, 7) is 5.81. The summed E-state index contributed by atoms with van der Waals surface area (Å²) >= 11 is 0. The Labute approximate surface area is 69.8 Å². The first-order valence-electron chi connectivity index (χ1n) is 4.64. The summed E-state index contributed by atoms with van der Waals surface area (Å²) in [5.74, 6) is 1.72. The van der Waals surface area contributed by atoms with Crippen LogP contribution < -0.4 is 10.6 Å². The van der Waals surface area contributed by atoms with Gasteiger partial charge in [0, 0.05) is 0 Å². The Morgan fingerprint density at radius 3 is 2.45 bits per heavy atom. The van der Waals surface area contributed by atoms with E-state index in [2.05, 4.69) is 24.5 Å². The molecule has 0 aromatic heterocycles. The maximum absolute atomic E-state index is 3.49. The molecule has 1 heterocycles. The van der Waals surface area contributed by atoms with E-state index in [1.807, 2.05) is 7.05 Å². The maximum atomic E-state index is 3.49. The van der Waals surface area contributed by atoms with Gasteiger partial charge in [-0.25, -0.2) is 0 Å². The van der Waals surface area contributed by atoms with Crippen LogP contribution in [0.4, 0.5) is 0 Å². The minimum atomic E-state index is 0.560. The molecular formula is C9H20N2. The summed E-state index contributed by atoms with van der Waals surface area (Å²) in [6, 6.07) is 0. The highest BCUT2D eigenvalue weighted by molar-refractivity contribution is 4.76. The molecule has 0 aliphatic carbocycles. The number of hydrogen-bond acceptors (Lipinski definition) is 2. The SMILES string of the molecule is CN[C@H]1CC[C@@H](C(C)C)CN1. The molecule has 2 nitrogen and oxygen atoms in total. The van der Waals surface area contributed by atoms with E-state index in [0.717, 1.165) is 11.8 Å². The average Bonchev–Trinajstić information content (AvgIpc) is 2.05. The van der Waals surface area contributed by atoms with Crippen LogP contribution >= 0.6 is 0 Å². The predicted octanol–water partition coefficient (Wildman–Crippen LogP) is 1.19. The highest BCUT2D eigenvalue weighted by Crippen LogP contribution is 2.20. The molecule has 1 aliphatic rings. The van der Waals surface area contributed by atoms with Crippen LogP contribution in [-0.2, 0) is 0 Å². The van der Waals surface area contributed by atoms with Crippen LogP contribution in [0.1, 0.15) is 26.7 Å². The van der Waals surface area contributed by atoms with Gasteiger partial charge in [-0.05, 0) is 38.3 Å². The summed E-state index contributed by atoms with van der Waals surface area (Å²) < 4.78 is 0. The largest absolute Gasteiger partial charge is 0.305 e. The van der Waals surface area contributed by atoms with Gasteiger partial charge >= 0.3 is 0 Å². The van der Waals surface area contributed by atoms with Crippen molar-refractivity contribution in [1.82, 2.24) is 10.6 Å². The summed E-state index contributed by atoms with van der Waals surface area (Å²) in [6.07, 6.45) is 3.21. The smallest absolute Gasteiger partial charge is 0.0569 e. The molecule has 2 N–H and O–H groups in total. The second-order valence-electron chi connectivity index (χ2n) is 3.83. The third-order valence-electron chi connectivity index (χ3n) is 2.74. The van der Waals surface area contributed by atoms with E-state index in [0.29, 0.717) is 6.17 Å². The van der Waals surface area contributed by atoms with Gasteiger partial charge in [-0.2, -0.15) is 0 Å². The fourth-order valence-corrected chi connectivity index (χ4v) is 1.69. The first-order chi connectivity index (χ1) is 5.24. The molecule has 66 valence electrons. The van der Waals surface area contributed by atoms with Crippen LogP contribution in [0, 0.1) is 11.8 Å². The molecule has 0 saturated carbocycles. The molecule has 0 radical (unpaired) electrons. The van der Waals surface area contributed by atoms with Gasteiger partial charge in [0.15, 0.2) is 0 Å². The van der Waals surface area contributed by atoms with Crippen molar-refractivity contribution in [3.05, 3.63) is 0 Å². The van der Waals surface area contributed by atoms with Crippen molar-refractivity contribution in [1.29, 1.82) is 0 Å². The Kier molecular flexibility index (Phi) is 3.34. The van der Waals surface area contributed by atoms with Crippen molar-refractivity contribution in [3.8, 4) is 0 Å². The Morgan fingerprint density at radius 2 is 2.09 bits per heavy atom. The molecule has 2 atom stereocenters. The van der Waals surface area contributed by atoms with Crippen LogP contribution in [0.3, 0.4) is 0 Å². The zero-order valence-electron chi connectivity index (χ0n) is 7.85. The van der Waals surface area contributed by atoms with E-state index in [4.69, 9.17) is 0 Å². The maximum Gasteiger partial charge on any atom is 0.0569 e. The van der Waals surface area contributed by atoms with Gasteiger partial charge in [-0.15, -0.1) is 0 Å². The number of hydrogen-bond donors (Lipinski definition) is 2. The zero-order chi connectivity index (χ0) is 8.27.